The molecule has 0 atom stereocenters. The van der Waals surface area contributed by atoms with Crippen LogP contribution in [0.4, 0.5) is 0 Å². The lowest BCUT2D eigenvalue weighted by atomic mass is 9.94. The molecule has 9 heteroatoms. The number of ether oxygens (including phenoxy) is 1. The molecule has 8 rings (SSSR count). The highest BCUT2D eigenvalue weighted by Gasteiger charge is 2.33. The van der Waals surface area contributed by atoms with Crippen molar-refractivity contribution in [2.24, 2.45) is 40.6 Å². The van der Waals surface area contributed by atoms with Gasteiger partial charge in [-0.1, -0.05) is 289 Å². The summed E-state index contributed by atoms with van der Waals surface area (Å²) in [6, 6.07) is 21.4. The molecule has 2 amide bonds. The first kappa shape index (κ1) is 91.0. The molecular weight excluding hydrogens is 1100 g/mol. The van der Waals surface area contributed by atoms with E-state index in [0.29, 0.717) is 58.0 Å². The molecule has 9 nitrogen and oxygen atoms in total. The van der Waals surface area contributed by atoms with Crippen LogP contribution in [0, 0.1) is 35.5 Å². The predicted octanol–water partition coefficient (Wildman–Crippen LogP) is 22.6. The number of amides is 2. The van der Waals surface area contributed by atoms with Gasteiger partial charge in [0.2, 0.25) is 11.8 Å². The van der Waals surface area contributed by atoms with Gasteiger partial charge in [0.05, 0.1) is 0 Å². The summed E-state index contributed by atoms with van der Waals surface area (Å²) in [7, 11) is 0. The SMILES string of the molecule is C.C.C=C1C=Cc2ccccc2C1=O.C=C1OC(C)=NN1CC(C)C.CC.CC.CC.CC(C)CC1=CC=CC1.CC1=C(C)C(=O)N(CC(C)C)C1=O.CCC(C)C.CCC(C)C.CCc1ccc(CC(C)C)cc1CC.O=C1C=CC(=O)c2ccccc21. The average Bonchev–Trinajstić information content (AvgIpc) is 2.72. The maximum Gasteiger partial charge on any atom is 0.256 e. The van der Waals surface area contributed by atoms with Crippen LogP contribution < -0.4 is 0 Å². The molecule has 3 aliphatic carbocycles. The number of aryl methyl sites for hydroxylation is 2. The van der Waals surface area contributed by atoms with Gasteiger partial charge in [-0.25, -0.2) is 5.01 Å². The maximum absolute atomic E-state index is 11.5. The summed E-state index contributed by atoms with van der Waals surface area (Å²) in [4.78, 5) is 58.2. The van der Waals surface area contributed by atoms with Gasteiger partial charge in [0.1, 0.15) is 0 Å². The lowest BCUT2D eigenvalue weighted by molar-refractivity contribution is -0.138. The van der Waals surface area contributed by atoms with E-state index in [1.165, 1.54) is 65.8 Å². The summed E-state index contributed by atoms with van der Waals surface area (Å²) < 4.78 is 5.16. The molecule has 500 valence electrons. The molecule has 0 bridgehead atoms. The van der Waals surface area contributed by atoms with Crippen LogP contribution >= 0.6 is 0 Å². The van der Waals surface area contributed by atoms with Gasteiger partial charge in [-0.15, -0.1) is 5.10 Å². The van der Waals surface area contributed by atoms with Gasteiger partial charge in [0.25, 0.3) is 11.8 Å². The van der Waals surface area contributed by atoms with E-state index in [4.69, 9.17) is 4.74 Å². The number of fused-ring (bicyclic) bond motifs is 2. The number of hydrogen-bond donors (Lipinski definition) is 0. The van der Waals surface area contributed by atoms with Gasteiger partial charge in [-0.2, -0.15) is 0 Å². The normalized spacial score (nSPS) is 13.4. The molecular formula is C80H129N3O6. The predicted molar refractivity (Wildman–Crippen MR) is 391 cm³/mol. The third-order valence-corrected chi connectivity index (χ3v) is 13.2. The quantitative estimate of drug-likeness (QED) is 0.131. The average molecular weight is 1230 g/mol. The van der Waals surface area contributed by atoms with Gasteiger partial charge in [-0.3, -0.25) is 28.9 Å². The second-order valence-corrected chi connectivity index (χ2v) is 23.4. The largest absolute Gasteiger partial charge is 0.424 e. The molecule has 89 heavy (non-hydrogen) atoms. The Morgan fingerprint density at radius 1 is 0.528 bits per heavy atom. The second kappa shape index (κ2) is 52.1. The Hall–Kier alpha value is -6.74. The standard InChI is InChI=1S/C14H22.C11H8O.C10H15NO2.C10H6O2.C9H14.C8H14N2O.2C5H12.3C2H6.2CH4/c1-5-13-8-7-12(9-11(3)4)10-14(13)6-2;1-8-6-7-9-4-2-3-5-10(9)11(8)12;1-6(2)5-11-9(12)7(3)8(4)10(11)13;11-9-5-6-10(12)8-4-2-1-3-7(8)9;1-8(2)7-9-5-3-4-6-9;1-6(2)5-10-8(4)11-7(3)9-10;2*1-4-5(2)3;3*1-2;;/h7-8,10-11H,5-6,9H2,1-4H3;2-7H,1H2;6H,5H2,1-4H3;1-6H;3-5,8H,6-7H2,1-2H3;6H,4-5H2,1-3H3;2*5H,4H2,1-3H3;3*1-2H3;2*1H4. The fourth-order valence-corrected chi connectivity index (χ4v) is 7.96. The van der Waals surface area contributed by atoms with Gasteiger partial charge in [-0.05, 0) is 122 Å². The highest BCUT2D eigenvalue weighted by atomic mass is 16.5. The third-order valence-electron chi connectivity index (χ3n) is 13.2. The van der Waals surface area contributed by atoms with E-state index < -0.39 is 0 Å². The Kier molecular flexibility index (Phi) is 53.2. The molecule has 0 aromatic heterocycles. The van der Waals surface area contributed by atoms with Crippen LogP contribution in [-0.4, -0.2) is 58.1 Å². The number of Topliss-reactive ketones (excluding diaryl/α,β-unsaturated/α-hetero) is 1. The Balaban J connectivity index is -0.000000302. The van der Waals surface area contributed by atoms with Crippen molar-refractivity contribution in [1.29, 1.82) is 0 Å². The van der Waals surface area contributed by atoms with Gasteiger partial charge in [0.15, 0.2) is 17.3 Å². The smallest absolute Gasteiger partial charge is 0.256 e. The van der Waals surface area contributed by atoms with Crippen molar-refractivity contribution in [2.45, 2.75) is 233 Å². The van der Waals surface area contributed by atoms with E-state index in [9.17, 15) is 24.0 Å². The number of imide groups is 1. The van der Waals surface area contributed by atoms with Gasteiger partial charge in [0, 0.05) is 53.4 Å². The molecule has 5 aliphatic rings. The summed E-state index contributed by atoms with van der Waals surface area (Å²) in [6.07, 6.45) is 21.5. The number of benzene rings is 3. The van der Waals surface area contributed by atoms with Crippen LogP contribution in [0.3, 0.4) is 0 Å². The second-order valence-electron chi connectivity index (χ2n) is 23.4. The van der Waals surface area contributed by atoms with Gasteiger partial charge >= 0.3 is 0 Å². The third kappa shape index (κ3) is 37.1. The van der Waals surface area contributed by atoms with Crippen LogP contribution in [0.1, 0.15) is 267 Å². The summed E-state index contributed by atoms with van der Waals surface area (Å²) in [5, 5.41) is 5.93. The van der Waals surface area contributed by atoms with Crippen molar-refractivity contribution in [2.75, 3.05) is 13.1 Å². The van der Waals surface area contributed by atoms with Crippen molar-refractivity contribution >= 4 is 41.1 Å². The maximum atomic E-state index is 11.5. The fourth-order valence-electron chi connectivity index (χ4n) is 7.96. The Bertz CT molecular complexity index is 2660. The van der Waals surface area contributed by atoms with Crippen molar-refractivity contribution in [3.8, 4) is 0 Å². The summed E-state index contributed by atoms with van der Waals surface area (Å²) in [5.41, 5.74) is 10.6. The van der Waals surface area contributed by atoms with Crippen LogP contribution in [0.25, 0.3) is 6.08 Å². The molecule has 3 aromatic carbocycles. The zero-order valence-corrected chi connectivity index (χ0v) is 59.4. The van der Waals surface area contributed by atoms with Crippen molar-refractivity contribution in [3.63, 3.8) is 0 Å². The first-order chi connectivity index (χ1) is 41.1. The molecule has 3 aromatic rings. The van der Waals surface area contributed by atoms with E-state index >= 15 is 0 Å². The number of hydrogen-bond acceptors (Lipinski definition) is 8. The number of ketones is 3. The first-order valence-electron chi connectivity index (χ1n) is 32.7. The zero-order chi connectivity index (χ0) is 67.5. The molecule has 0 saturated heterocycles. The fraction of sp³-hybridized carbons (Fsp3) is 0.525. The molecule has 0 N–H and O–H groups in total. The molecule has 0 radical (unpaired) electrons. The van der Waals surface area contributed by atoms with E-state index in [1.54, 1.807) is 54.8 Å². The van der Waals surface area contributed by atoms with Crippen LogP contribution in [-0.2, 0) is 33.6 Å². The minimum atomic E-state index is -0.129. The highest BCUT2D eigenvalue weighted by molar-refractivity contribution is 6.22. The molecule has 0 fully saturated rings. The first-order valence-corrected chi connectivity index (χ1v) is 32.7. The Labute approximate surface area is 547 Å². The number of nitrogens with zero attached hydrogens (tertiary/aromatic N) is 3. The van der Waals surface area contributed by atoms with E-state index in [0.717, 1.165) is 54.2 Å². The van der Waals surface area contributed by atoms with Crippen molar-refractivity contribution in [3.05, 3.63) is 183 Å². The van der Waals surface area contributed by atoms with Crippen LogP contribution in [0.15, 0.2) is 150 Å². The van der Waals surface area contributed by atoms with Crippen molar-refractivity contribution < 1.29 is 28.7 Å². The Morgan fingerprint density at radius 3 is 1.34 bits per heavy atom. The minimum absolute atomic E-state index is 0. The summed E-state index contributed by atoms with van der Waals surface area (Å²) >= 11 is 0. The Morgan fingerprint density at radius 2 is 0.966 bits per heavy atom. The topological polar surface area (TPSA) is 113 Å². The molecule has 0 unspecified atom stereocenters. The highest BCUT2D eigenvalue weighted by Crippen LogP contribution is 2.23. The summed E-state index contributed by atoms with van der Waals surface area (Å²) in [6.45, 7) is 61.1. The monoisotopic (exact) mass is 1230 g/mol. The number of carbonyl (C=O) groups excluding carboxylic acids is 5. The minimum Gasteiger partial charge on any atom is -0.424 e. The van der Waals surface area contributed by atoms with Crippen LogP contribution in [0.2, 0.25) is 0 Å². The summed E-state index contributed by atoms with van der Waals surface area (Å²) in [5.74, 6) is 5.15. The van der Waals surface area contributed by atoms with E-state index in [1.807, 2.05) is 92.7 Å². The molecule has 0 saturated carbocycles. The van der Waals surface area contributed by atoms with E-state index in [2.05, 4.69) is 152 Å². The molecule has 2 aliphatic heterocycles. The number of carbonyl (C=O) groups is 5. The van der Waals surface area contributed by atoms with Gasteiger partial charge < -0.3 is 4.74 Å². The van der Waals surface area contributed by atoms with Crippen LogP contribution in [0.5, 0.6) is 0 Å². The molecule has 0 spiro atoms. The number of allylic oxidation sites excluding steroid dienone is 8. The molecule has 2 heterocycles. The lowest BCUT2D eigenvalue weighted by Crippen LogP contribution is -2.34. The van der Waals surface area contributed by atoms with E-state index in [-0.39, 0.29) is 44.0 Å². The zero-order valence-electron chi connectivity index (χ0n) is 59.4. The lowest BCUT2D eigenvalue weighted by Gasteiger charge is -2.16. The number of hydrazone groups is 1. The number of rotatable bonds is 12. The van der Waals surface area contributed by atoms with Crippen molar-refractivity contribution in [1.82, 2.24) is 9.91 Å².